The second kappa shape index (κ2) is 7.09. The summed E-state index contributed by atoms with van der Waals surface area (Å²) in [6.45, 7) is 2.39. The molecule has 1 atom stereocenters. The van der Waals surface area contributed by atoms with Crippen LogP contribution in [0.25, 0.3) is 0 Å². The summed E-state index contributed by atoms with van der Waals surface area (Å²) in [5.41, 5.74) is 1.19. The van der Waals surface area contributed by atoms with E-state index < -0.39 is 0 Å². The van der Waals surface area contributed by atoms with Gasteiger partial charge in [-0.05, 0) is 55.0 Å². The Bertz CT molecular complexity index is 521. The molecule has 0 aliphatic heterocycles. The molecule has 0 spiro atoms. The van der Waals surface area contributed by atoms with E-state index in [-0.39, 0.29) is 12.5 Å². The highest BCUT2D eigenvalue weighted by molar-refractivity contribution is 7.11. The van der Waals surface area contributed by atoms with Gasteiger partial charge in [0.1, 0.15) is 0 Å². The van der Waals surface area contributed by atoms with Crippen LogP contribution in [0.4, 0.5) is 0 Å². The topological polar surface area (TPSA) is 20.2 Å². The molecule has 1 aromatic carbocycles. The largest absolute Gasteiger partial charge is 0.396 e. The predicted octanol–water partition coefficient (Wildman–Crippen LogP) is 4.36. The number of aryl methyl sites for hydroxylation is 1. The molecular weight excluding hydrogens is 276 g/mol. The zero-order valence-corrected chi connectivity index (χ0v) is 12.7. The van der Waals surface area contributed by atoms with Crippen molar-refractivity contribution < 1.29 is 5.11 Å². The number of thiophene rings is 1. The van der Waals surface area contributed by atoms with Gasteiger partial charge in [-0.15, -0.1) is 11.3 Å². The maximum Gasteiger partial charge on any atom is 0.0465 e. The molecule has 1 unspecified atom stereocenters. The molecule has 1 aromatic heterocycles. The highest BCUT2D eigenvalue weighted by atomic mass is 35.5. The minimum Gasteiger partial charge on any atom is -0.396 e. The van der Waals surface area contributed by atoms with Crippen molar-refractivity contribution in [3.8, 4) is 0 Å². The number of aliphatic hydroxyl groups excluding tert-OH is 1. The van der Waals surface area contributed by atoms with Gasteiger partial charge in [-0.25, -0.2) is 0 Å². The maximum absolute atomic E-state index is 9.55. The third-order valence-corrected chi connectivity index (χ3v) is 4.71. The van der Waals surface area contributed by atoms with Crippen molar-refractivity contribution in [2.75, 3.05) is 6.61 Å². The Balaban J connectivity index is 2.00. The van der Waals surface area contributed by atoms with E-state index in [4.69, 9.17) is 11.6 Å². The SMILES string of the molecule is CCc1ccc(CC(CO)Cc2cccc(Cl)c2)s1. The van der Waals surface area contributed by atoms with Gasteiger partial charge in [0.05, 0.1) is 0 Å². The van der Waals surface area contributed by atoms with E-state index in [1.165, 1.54) is 15.3 Å². The van der Waals surface area contributed by atoms with Crippen LogP contribution in [0.1, 0.15) is 22.2 Å². The van der Waals surface area contributed by atoms with Crippen molar-refractivity contribution in [3.05, 3.63) is 56.7 Å². The third kappa shape index (κ3) is 4.34. The Morgan fingerprint density at radius 3 is 2.58 bits per heavy atom. The number of aliphatic hydroxyl groups is 1. The normalized spacial score (nSPS) is 12.6. The van der Waals surface area contributed by atoms with Crippen molar-refractivity contribution in [2.45, 2.75) is 26.2 Å². The highest BCUT2D eigenvalue weighted by Crippen LogP contribution is 2.22. The van der Waals surface area contributed by atoms with Gasteiger partial charge in [-0.2, -0.15) is 0 Å². The van der Waals surface area contributed by atoms with Gasteiger partial charge in [0, 0.05) is 21.4 Å². The number of halogens is 1. The monoisotopic (exact) mass is 294 g/mol. The van der Waals surface area contributed by atoms with E-state index in [9.17, 15) is 5.11 Å². The summed E-state index contributed by atoms with van der Waals surface area (Å²) in [4.78, 5) is 2.77. The Hall–Kier alpha value is -0.830. The summed E-state index contributed by atoms with van der Waals surface area (Å²) in [5, 5.41) is 10.3. The molecule has 1 heterocycles. The second-order valence-electron chi connectivity index (χ2n) is 4.81. The van der Waals surface area contributed by atoms with Crippen molar-refractivity contribution in [1.82, 2.24) is 0 Å². The molecule has 102 valence electrons. The number of hydrogen-bond donors (Lipinski definition) is 1. The molecule has 19 heavy (non-hydrogen) atoms. The Labute approximate surface area is 123 Å². The summed E-state index contributed by atoms with van der Waals surface area (Å²) >= 11 is 7.85. The van der Waals surface area contributed by atoms with Crippen molar-refractivity contribution >= 4 is 22.9 Å². The Morgan fingerprint density at radius 1 is 1.16 bits per heavy atom. The van der Waals surface area contributed by atoms with E-state index in [2.05, 4.69) is 25.1 Å². The van der Waals surface area contributed by atoms with Gasteiger partial charge in [0.15, 0.2) is 0 Å². The van der Waals surface area contributed by atoms with E-state index in [0.717, 1.165) is 24.3 Å². The summed E-state index contributed by atoms with van der Waals surface area (Å²) in [7, 11) is 0. The fraction of sp³-hybridized carbons (Fsp3) is 0.375. The molecule has 0 amide bonds. The lowest BCUT2D eigenvalue weighted by Gasteiger charge is -2.13. The van der Waals surface area contributed by atoms with Crippen molar-refractivity contribution in [2.24, 2.45) is 5.92 Å². The fourth-order valence-corrected chi connectivity index (χ4v) is 3.49. The van der Waals surface area contributed by atoms with Crippen LogP contribution in [0.2, 0.25) is 5.02 Å². The highest BCUT2D eigenvalue weighted by Gasteiger charge is 2.11. The van der Waals surface area contributed by atoms with Gasteiger partial charge in [0.2, 0.25) is 0 Å². The summed E-state index contributed by atoms with van der Waals surface area (Å²) < 4.78 is 0. The lowest BCUT2D eigenvalue weighted by atomic mass is 9.96. The minimum atomic E-state index is 0.214. The summed E-state index contributed by atoms with van der Waals surface area (Å²) in [5.74, 6) is 0.266. The predicted molar refractivity (Wildman–Crippen MR) is 83.1 cm³/mol. The van der Waals surface area contributed by atoms with Crippen LogP contribution in [-0.4, -0.2) is 11.7 Å². The van der Waals surface area contributed by atoms with Crippen LogP contribution in [0.3, 0.4) is 0 Å². The summed E-state index contributed by atoms with van der Waals surface area (Å²) in [6.07, 6.45) is 2.90. The Kier molecular flexibility index (Phi) is 5.44. The first-order chi connectivity index (χ1) is 9.21. The van der Waals surface area contributed by atoms with E-state index in [0.29, 0.717) is 0 Å². The van der Waals surface area contributed by atoms with Crippen LogP contribution in [0.5, 0.6) is 0 Å². The molecule has 0 aliphatic rings. The third-order valence-electron chi connectivity index (χ3n) is 3.23. The average molecular weight is 295 g/mol. The molecule has 2 aromatic rings. The Morgan fingerprint density at radius 2 is 1.95 bits per heavy atom. The van der Waals surface area contributed by atoms with Crippen LogP contribution in [-0.2, 0) is 19.3 Å². The molecule has 1 nitrogen and oxygen atoms in total. The van der Waals surface area contributed by atoms with Crippen LogP contribution < -0.4 is 0 Å². The van der Waals surface area contributed by atoms with E-state index in [1.807, 2.05) is 29.5 Å². The molecule has 2 rings (SSSR count). The number of hydrogen-bond acceptors (Lipinski definition) is 2. The molecule has 0 aliphatic carbocycles. The van der Waals surface area contributed by atoms with Crippen LogP contribution in [0.15, 0.2) is 36.4 Å². The maximum atomic E-state index is 9.55. The van der Waals surface area contributed by atoms with Crippen LogP contribution >= 0.6 is 22.9 Å². The van der Waals surface area contributed by atoms with Gasteiger partial charge in [-0.3, -0.25) is 0 Å². The first-order valence-corrected chi connectivity index (χ1v) is 7.83. The molecular formula is C16H19ClOS. The first-order valence-electron chi connectivity index (χ1n) is 6.64. The van der Waals surface area contributed by atoms with Crippen molar-refractivity contribution in [1.29, 1.82) is 0 Å². The van der Waals surface area contributed by atoms with Gasteiger partial charge in [-0.1, -0.05) is 30.7 Å². The van der Waals surface area contributed by atoms with Gasteiger partial charge in [0.25, 0.3) is 0 Å². The average Bonchev–Trinajstić information content (AvgIpc) is 2.85. The smallest absolute Gasteiger partial charge is 0.0465 e. The van der Waals surface area contributed by atoms with Gasteiger partial charge >= 0.3 is 0 Å². The molecule has 0 saturated heterocycles. The second-order valence-corrected chi connectivity index (χ2v) is 6.50. The van der Waals surface area contributed by atoms with E-state index >= 15 is 0 Å². The van der Waals surface area contributed by atoms with Crippen molar-refractivity contribution in [3.63, 3.8) is 0 Å². The molecule has 1 N–H and O–H groups in total. The fourth-order valence-electron chi connectivity index (χ4n) is 2.21. The molecule has 0 radical (unpaired) electrons. The first kappa shape index (κ1) is 14.6. The van der Waals surface area contributed by atoms with E-state index in [1.54, 1.807) is 0 Å². The molecule has 0 saturated carbocycles. The van der Waals surface area contributed by atoms with Crippen LogP contribution in [0, 0.1) is 5.92 Å². The standard InChI is InChI=1S/C16H19ClOS/c1-2-15-6-7-16(19-15)10-13(11-18)8-12-4-3-5-14(17)9-12/h3-7,9,13,18H,2,8,10-11H2,1H3. The lowest BCUT2D eigenvalue weighted by Crippen LogP contribution is -2.12. The molecule has 3 heteroatoms. The van der Waals surface area contributed by atoms with Gasteiger partial charge < -0.3 is 5.11 Å². The molecule has 0 bridgehead atoms. The quantitative estimate of drug-likeness (QED) is 0.839. The lowest BCUT2D eigenvalue weighted by molar-refractivity contribution is 0.225. The molecule has 0 fully saturated rings. The summed E-state index contributed by atoms with van der Waals surface area (Å²) in [6, 6.07) is 12.3. The minimum absolute atomic E-state index is 0.214. The number of rotatable bonds is 6. The number of benzene rings is 1. The zero-order valence-electron chi connectivity index (χ0n) is 11.1. The zero-order chi connectivity index (χ0) is 13.7.